The molecular formula is C17H28N2O2. The van der Waals surface area contributed by atoms with Gasteiger partial charge in [-0.15, -0.1) is 0 Å². The fraction of sp³-hybridized carbons (Fsp3) is 0.647. The van der Waals surface area contributed by atoms with E-state index in [9.17, 15) is 5.11 Å². The number of hydrogen-bond donors (Lipinski definition) is 2. The van der Waals surface area contributed by atoms with Gasteiger partial charge in [-0.25, -0.2) is 0 Å². The molecule has 2 atom stereocenters. The number of benzene rings is 1. The minimum absolute atomic E-state index is 0.315. The maximum Gasteiger partial charge on any atom is 0.115 e. The molecule has 4 heteroatoms. The third-order valence-electron chi connectivity index (χ3n) is 4.17. The van der Waals surface area contributed by atoms with Crippen LogP contribution in [0, 0.1) is 0 Å². The summed E-state index contributed by atoms with van der Waals surface area (Å²) in [5.41, 5.74) is 1.27. The van der Waals surface area contributed by atoms with Crippen LogP contribution in [0.25, 0.3) is 0 Å². The highest BCUT2D eigenvalue weighted by Gasteiger charge is 2.19. The Hall–Kier alpha value is -1.10. The first-order valence-corrected chi connectivity index (χ1v) is 8.02. The van der Waals surface area contributed by atoms with Crippen molar-refractivity contribution in [3.63, 3.8) is 0 Å². The molecule has 2 unspecified atom stereocenters. The fourth-order valence-corrected chi connectivity index (χ4v) is 2.67. The summed E-state index contributed by atoms with van der Waals surface area (Å²) in [6, 6.07) is 7.96. The van der Waals surface area contributed by atoms with Crippen LogP contribution in [-0.4, -0.2) is 54.9 Å². The van der Waals surface area contributed by atoms with E-state index in [2.05, 4.69) is 24.1 Å². The van der Waals surface area contributed by atoms with Gasteiger partial charge in [0.25, 0.3) is 0 Å². The monoisotopic (exact) mass is 292 g/mol. The quantitative estimate of drug-likeness (QED) is 0.807. The van der Waals surface area contributed by atoms with Gasteiger partial charge in [-0.05, 0) is 44.0 Å². The van der Waals surface area contributed by atoms with Gasteiger partial charge in [0.05, 0.1) is 12.7 Å². The normalized spacial score (nSPS) is 21.3. The van der Waals surface area contributed by atoms with Crippen LogP contribution in [0.1, 0.15) is 25.8 Å². The molecule has 1 fully saturated rings. The topological polar surface area (TPSA) is 44.7 Å². The average molecular weight is 292 g/mol. The minimum atomic E-state index is 0.315. The lowest BCUT2D eigenvalue weighted by Crippen LogP contribution is -2.47. The van der Waals surface area contributed by atoms with Crippen molar-refractivity contribution in [1.82, 2.24) is 10.2 Å². The Bertz CT molecular complexity index is 408. The highest BCUT2D eigenvalue weighted by Crippen LogP contribution is 2.12. The highest BCUT2D eigenvalue weighted by atomic mass is 16.5. The Balaban J connectivity index is 1.65. The van der Waals surface area contributed by atoms with Crippen molar-refractivity contribution in [2.45, 2.75) is 38.8 Å². The zero-order chi connectivity index (χ0) is 15.1. The molecule has 1 aromatic carbocycles. The number of morpholine rings is 1. The van der Waals surface area contributed by atoms with Gasteiger partial charge in [-0.3, -0.25) is 4.90 Å². The van der Waals surface area contributed by atoms with Crippen molar-refractivity contribution in [2.24, 2.45) is 0 Å². The number of nitrogens with zero attached hydrogens (tertiary/aromatic N) is 1. The van der Waals surface area contributed by atoms with Crippen LogP contribution in [0.5, 0.6) is 5.75 Å². The first-order valence-electron chi connectivity index (χ1n) is 8.02. The van der Waals surface area contributed by atoms with Gasteiger partial charge >= 0.3 is 0 Å². The number of likely N-dealkylation sites (N-methyl/N-ethyl adjacent to an activating group) is 1. The number of phenolic OH excluding ortho intramolecular Hbond substituents is 1. The van der Waals surface area contributed by atoms with E-state index >= 15 is 0 Å². The molecule has 0 bridgehead atoms. The number of ether oxygens (including phenoxy) is 1. The van der Waals surface area contributed by atoms with Crippen LogP contribution in [0.15, 0.2) is 24.3 Å². The van der Waals surface area contributed by atoms with Gasteiger partial charge in [-0.2, -0.15) is 0 Å². The average Bonchev–Trinajstić information content (AvgIpc) is 2.52. The largest absolute Gasteiger partial charge is 0.508 e. The van der Waals surface area contributed by atoms with Gasteiger partial charge in [0.1, 0.15) is 5.75 Å². The standard InChI is InChI=1S/C17H28N2O2/c1-3-19-10-11-21-17(13-19)12-18-14(2)4-5-15-6-8-16(20)9-7-15/h6-9,14,17-18,20H,3-5,10-13H2,1-2H3. The Morgan fingerprint density at radius 1 is 1.38 bits per heavy atom. The lowest BCUT2D eigenvalue weighted by molar-refractivity contribution is -0.0262. The zero-order valence-corrected chi connectivity index (χ0v) is 13.2. The van der Waals surface area contributed by atoms with Gasteiger partial charge in [-0.1, -0.05) is 19.1 Å². The summed E-state index contributed by atoms with van der Waals surface area (Å²) in [6.45, 7) is 9.40. The van der Waals surface area contributed by atoms with Crippen LogP contribution in [0.4, 0.5) is 0 Å². The molecule has 0 amide bonds. The van der Waals surface area contributed by atoms with Crippen molar-refractivity contribution >= 4 is 0 Å². The van der Waals surface area contributed by atoms with E-state index in [-0.39, 0.29) is 0 Å². The number of phenols is 1. The molecule has 0 aliphatic carbocycles. The number of nitrogens with one attached hydrogen (secondary N) is 1. The first-order chi connectivity index (χ1) is 10.2. The lowest BCUT2D eigenvalue weighted by atomic mass is 10.1. The van der Waals surface area contributed by atoms with Crippen molar-refractivity contribution in [1.29, 1.82) is 0 Å². The van der Waals surface area contributed by atoms with E-state index < -0.39 is 0 Å². The van der Waals surface area contributed by atoms with Crippen LogP contribution in [0.2, 0.25) is 0 Å². The van der Waals surface area contributed by atoms with Gasteiger partial charge in [0.15, 0.2) is 0 Å². The summed E-state index contributed by atoms with van der Waals surface area (Å²) in [7, 11) is 0. The molecule has 0 spiro atoms. The van der Waals surface area contributed by atoms with Crippen molar-refractivity contribution in [3.05, 3.63) is 29.8 Å². The van der Waals surface area contributed by atoms with Crippen LogP contribution >= 0.6 is 0 Å². The van der Waals surface area contributed by atoms with Gasteiger partial charge in [0, 0.05) is 25.7 Å². The first kappa shape index (κ1) is 16.3. The Labute approximate surface area is 128 Å². The van der Waals surface area contributed by atoms with Crippen molar-refractivity contribution in [3.8, 4) is 5.75 Å². The van der Waals surface area contributed by atoms with E-state index in [1.54, 1.807) is 12.1 Å². The molecule has 4 nitrogen and oxygen atoms in total. The minimum Gasteiger partial charge on any atom is -0.508 e. The molecule has 1 aliphatic heterocycles. The molecular weight excluding hydrogens is 264 g/mol. The number of aromatic hydroxyl groups is 1. The highest BCUT2D eigenvalue weighted by molar-refractivity contribution is 5.25. The summed E-state index contributed by atoms with van der Waals surface area (Å²) >= 11 is 0. The zero-order valence-electron chi connectivity index (χ0n) is 13.2. The smallest absolute Gasteiger partial charge is 0.115 e. The fourth-order valence-electron chi connectivity index (χ4n) is 2.67. The van der Waals surface area contributed by atoms with E-state index in [4.69, 9.17) is 4.74 Å². The van der Waals surface area contributed by atoms with Crippen LogP contribution in [-0.2, 0) is 11.2 Å². The SMILES string of the molecule is CCN1CCOC(CNC(C)CCc2ccc(O)cc2)C1. The van der Waals surface area contributed by atoms with Crippen LogP contribution < -0.4 is 5.32 Å². The number of rotatable bonds is 7. The Morgan fingerprint density at radius 3 is 2.86 bits per heavy atom. The van der Waals surface area contributed by atoms with E-state index in [1.807, 2.05) is 12.1 Å². The summed E-state index contributed by atoms with van der Waals surface area (Å²) in [6.07, 6.45) is 2.44. The molecule has 1 aromatic rings. The summed E-state index contributed by atoms with van der Waals surface area (Å²) in [5.74, 6) is 0.333. The molecule has 1 aliphatic rings. The van der Waals surface area contributed by atoms with E-state index in [1.165, 1.54) is 5.56 Å². The van der Waals surface area contributed by atoms with Crippen LogP contribution in [0.3, 0.4) is 0 Å². The maximum atomic E-state index is 9.27. The molecule has 2 rings (SSSR count). The number of aryl methyl sites for hydroxylation is 1. The third kappa shape index (κ3) is 5.65. The van der Waals surface area contributed by atoms with Crippen molar-refractivity contribution < 1.29 is 9.84 Å². The van der Waals surface area contributed by atoms with E-state index in [0.29, 0.717) is 17.9 Å². The van der Waals surface area contributed by atoms with Crippen molar-refractivity contribution in [2.75, 3.05) is 32.8 Å². The summed E-state index contributed by atoms with van der Waals surface area (Å²) < 4.78 is 5.80. The molecule has 2 N–H and O–H groups in total. The lowest BCUT2D eigenvalue weighted by Gasteiger charge is -2.32. The summed E-state index contributed by atoms with van der Waals surface area (Å²) in [4.78, 5) is 2.44. The van der Waals surface area contributed by atoms with E-state index in [0.717, 1.165) is 45.6 Å². The second kappa shape index (κ2) is 8.37. The molecule has 1 saturated heterocycles. The Morgan fingerprint density at radius 2 is 2.14 bits per heavy atom. The molecule has 0 radical (unpaired) electrons. The van der Waals surface area contributed by atoms with Gasteiger partial charge in [0.2, 0.25) is 0 Å². The number of hydrogen-bond acceptors (Lipinski definition) is 4. The molecule has 0 aromatic heterocycles. The molecule has 21 heavy (non-hydrogen) atoms. The maximum absolute atomic E-state index is 9.27. The second-order valence-electron chi connectivity index (χ2n) is 5.90. The predicted molar refractivity (Wildman–Crippen MR) is 85.7 cm³/mol. The Kier molecular flexibility index (Phi) is 6.49. The van der Waals surface area contributed by atoms with Gasteiger partial charge < -0.3 is 15.2 Å². The molecule has 118 valence electrons. The molecule has 0 saturated carbocycles. The summed E-state index contributed by atoms with van der Waals surface area (Å²) in [5, 5.41) is 12.9. The third-order valence-corrected chi connectivity index (χ3v) is 4.17. The second-order valence-corrected chi connectivity index (χ2v) is 5.90. The molecule has 1 heterocycles. The predicted octanol–water partition coefficient (Wildman–Crippen LogP) is 2.02.